The van der Waals surface area contributed by atoms with Crippen molar-refractivity contribution in [1.29, 1.82) is 0 Å². The number of rotatable bonds is 5. The smallest absolute Gasteiger partial charge is 0.123 e. The van der Waals surface area contributed by atoms with Crippen molar-refractivity contribution >= 4 is 0 Å². The molecule has 1 heterocycles. The lowest BCUT2D eigenvalue weighted by Crippen LogP contribution is -2.27. The van der Waals surface area contributed by atoms with Crippen LogP contribution < -0.4 is 15.4 Å². The van der Waals surface area contributed by atoms with Crippen LogP contribution in [-0.4, -0.2) is 27.2 Å². The molecule has 0 aliphatic carbocycles. The van der Waals surface area contributed by atoms with Gasteiger partial charge in [-0.3, -0.25) is 0 Å². The molecule has 3 nitrogen and oxygen atoms in total. The van der Waals surface area contributed by atoms with E-state index >= 15 is 0 Å². The number of methoxy groups -OCH3 is 1. The lowest BCUT2D eigenvalue weighted by Gasteiger charge is -2.25. The fourth-order valence-electron chi connectivity index (χ4n) is 2.85. The van der Waals surface area contributed by atoms with Gasteiger partial charge in [-0.2, -0.15) is 0 Å². The summed E-state index contributed by atoms with van der Waals surface area (Å²) in [5.74, 6) is 1.65. The molecule has 1 aliphatic heterocycles. The third-order valence-corrected chi connectivity index (χ3v) is 3.92. The van der Waals surface area contributed by atoms with E-state index < -0.39 is 0 Å². The van der Waals surface area contributed by atoms with Crippen LogP contribution in [0.15, 0.2) is 18.2 Å². The first-order chi connectivity index (χ1) is 8.80. The molecule has 0 amide bonds. The highest BCUT2D eigenvalue weighted by Crippen LogP contribution is 2.33. The van der Waals surface area contributed by atoms with Crippen LogP contribution in [0.5, 0.6) is 5.75 Å². The summed E-state index contributed by atoms with van der Waals surface area (Å²) in [6.07, 6.45) is 2.29. The molecular formula is C15H24N2O. The molecule has 1 aliphatic rings. The van der Waals surface area contributed by atoms with E-state index in [1.165, 1.54) is 17.5 Å². The normalized spacial score (nSPS) is 20.9. The number of benzene rings is 1. The van der Waals surface area contributed by atoms with Gasteiger partial charge in [0.15, 0.2) is 0 Å². The van der Waals surface area contributed by atoms with E-state index in [9.17, 15) is 0 Å². The van der Waals surface area contributed by atoms with Gasteiger partial charge in [-0.15, -0.1) is 0 Å². The predicted octanol–water partition coefficient (Wildman–Crippen LogP) is 2.13. The Hall–Kier alpha value is -1.06. The van der Waals surface area contributed by atoms with Crippen LogP contribution in [0.1, 0.15) is 30.5 Å². The first-order valence-electron chi connectivity index (χ1n) is 6.85. The maximum Gasteiger partial charge on any atom is 0.123 e. The Morgan fingerprint density at radius 1 is 1.50 bits per heavy atom. The minimum absolute atomic E-state index is 0.376. The zero-order valence-corrected chi connectivity index (χ0v) is 11.6. The average molecular weight is 248 g/mol. The third kappa shape index (κ3) is 2.68. The van der Waals surface area contributed by atoms with Crippen molar-refractivity contribution in [2.45, 2.75) is 25.8 Å². The Morgan fingerprint density at radius 2 is 2.33 bits per heavy atom. The summed E-state index contributed by atoms with van der Waals surface area (Å²) >= 11 is 0. The molecule has 2 unspecified atom stereocenters. The van der Waals surface area contributed by atoms with Gasteiger partial charge in [0, 0.05) is 11.6 Å². The number of ether oxygens (including phenoxy) is 1. The quantitative estimate of drug-likeness (QED) is 0.837. The first-order valence-corrected chi connectivity index (χ1v) is 6.85. The second kappa shape index (κ2) is 6.21. The van der Waals surface area contributed by atoms with Crippen molar-refractivity contribution in [3.8, 4) is 5.75 Å². The molecule has 0 saturated carbocycles. The van der Waals surface area contributed by atoms with Gasteiger partial charge in [0.05, 0.1) is 7.11 Å². The molecule has 0 spiro atoms. The zero-order valence-electron chi connectivity index (χ0n) is 11.6. The van der Waals surface area contributed by atoms with E-state index in [1.807, 2.05) is 7.05 Å². The minimum atomic E-state index is 0.376. The van der Waals surface area contributed by atoms with E-state index in [2.05, 4.69) is 35.8 Å². The largest absolute Gasteiger partial charge is 0.496 e. The standard InChI is InChI=1S/C15H24N2O/c1-4-11-5-6-14(18-3)13(9-11)15(16-2)12-7-8-17-10-12/h5-6,9,12,15-17H,4,7-8,10H2,1-3H3. The van der Waals surface area contributed by atoms with Gasteiger partial charge in [0.1, 0.15) is 5.75 Å². The summed E-state index contributed by atoms with van der Waals surface area (Å²) in [4.78, 5) is 0. The maximum atomic E-state index is 5.53. The van der Waals surface area contributed by atoms with Gasteiger partial charge in [-0.25, -0.2) is 0 Å². The molecule has 0 aromatic heterocycles. The van der Waals surface area contributed by atoms with Crippen LogP contribution >= 0.6 is 0 Å². The Bertz CT molecular complexity index is 386. The highest BCUT2D eigenvalue weighted by molar-refractivity contribution is 5.40. The Labute approximate surface area is 110 Å². The van der Waals surface area contributed by atoms with Crippen molar-refractivity contribution in [2.24, 2.45) is 5.92 Å². The Kier molecular flexibility index (Phi) is 4.61. The van der Waals surface area contributed by atoms with Crippen molar-refractivity contribution in [2.75, 3.05) is 27.2 Å². The first kappa shape index (κ1) is 13.4. The number of nitrogens with one attached hydrogen (secondary N) is 2. The van der Waals surface area contributed by atoms with E-state index in [1.54, 1.807) is 7.11 Å². The van der Waals surface area contributed by atoms with Crippen molar-refractivity contribution < 1.29 is 4.74 Å². The summed E-state index contributed by atoms with van der Waals surface area (Å²) in [7, 11) is 3.80. The van der Waals surface area contributed by atoms with Gasteiger partial charge in [0.25, 0.3) is 0 Å². The van der Waals surface area contributed by atoms with E-state index in [0.717, 1.165) is 25.3 Å². The molecule has 2 rings (SSSR count). The number of hydrogen-bond acceptors (Lipinski definition) is 3. The summed E-state index contributed by atoms with van der Waals surface area (Å²) in [6, 6.07) is 6.92. The molecule has 2 atom stereocenters. The molecule has 0 bridgehead atoms. The second-order valence-corrected chi connectivity index (χ2v) is 4.95. The predicted molar refractivity (Wildman–Crippen MR) is 75.1 cm³/mol. The summed E-state index contributed by atoms with van der Waals surface area (Å²) in [5, 5.41) is 6.91. The Morgan fingerprint density at radius 3 is 2.89 bits per heavy atom. The van der Waals surface area contributed by atoms with Crippen LogP contribution in [0, 0.1) is 5.92 Å². The van der Waals surface area contributed by atoms with Gasteiger partial charge in [0.2, 0.25) is 0 Å². The Balaban J connectivity index is 2.32. The highest BCUT2D eigenvalue weighted by atomic mass is 16.5. The molecule has 0 radical (unpaired) electrons. The summed E-state index contributed by atoms with van der Waals surface area (Å²) in [5.41, 5.74) is 2.67. The van der Waals surface area contributed by atoms with Crippen LogP contribution in [0.2, 0.25) is 0 Å². The van der Waals surface area contributed by atoms with Crippen LogP contribution in [0.3, 0.4) is 0 Å². The van der Waals surface area contributed by atoms with Gasteiger partial charge in [-0.1, -0.05) is 19.1 Å². The maximum absolute atomic E-state index is 5.53. The van der Waals surface area contributed by atoms with Crippen molar-refractivity contribution in [3.63, 3.8) is 0 Å². The molecule has 100 valence electrons. The molecule has 1 aromatic rings. The van der Waals surface area contributed by atoms with E-state index in [-0.39, 0.29) is 0 Å². The average Bonchev–Trinajstić information content (AvgIpc) is 2.93. The highest BCUT2D eigenvalue weighted by Gasteiger charge is 2.27. The van der Waals surface area contributed by atoms with Crippen LogP contribution in [-0.2, 0) is 6.42 Å². The molecular weight excluding hydrogens is 224 g/mol. The summed E-state index contributed by atoms with van der Waals surface area (Å²) in [6.45, 7) is 4.40. The summed E-state index contributed by atoms with van der Waals surface area (Å²) < 4.78 is 5.53. The van der Waals surface area contributed by atoms with Gasteiger partial charge < -0.3 is 15.4 Å². The molecule has 1 saturated heterocycles. The monoisotopic (exact) mass is 248 g/mol. The fraction of sp³-hybridized carbons (Fsp3) is 0.600. The molecule has 1 fully saturated rings. The van der Waals surface area contributed by atoms with Gasteiger partial charge >= 0.3 is 0 Å². The second-order valence-electron chi connectivity index (χ2n) is 4.95. The molecule has 2 N–H and O–H groups in total. The van der Waals surface area contributed by atoms with Crippen LogP contribution in [0.4, 0.5) is 0 Å². The van der Waals surface area contributed by atoms with Crippen LogP contribution in [0.25, 0.3) is 0 Å². The topological polar surface area (TPSA) is 33.3 Å². The molecule has 3 heteroatoms. The minimum Gasteiger partial charge on any atom is -0.496 e. The SMILES string of the molecule is CCc1ccc(OC)c(C(NC)C2CCNC2)c1. The third-order valence-electron chi connectivity index (χ3n) is 3.92. The number of aryl methyl sites for hydroxylation is 1. The lowest BCUT2D eigenvalue weighted by molar-refractivity contribution is 0.369. The number of hydrogen-bond donors (Lipinski definition) is 2. The zero-order chi connectivity index (χ0) is 13.0. The lowest BCUT2D eigenvalue weighted by atomic mass is 9.90. The van der Waals surface area contributed by atoms with Crippen molar-refractivity contribution in [3.05, 3.63) is 29.3 Å². The molecule has 1 aromatic carbocycles. The molecule has 18 heavy (non-hydrogen) atoms. The van der Waals surface area contributed by atoms with E-state index in [0.29, 0.717) is 12.0 Å². The van der Waals surface area contributed by atoms with E-state index in [4.69, 9.17) is 4.74 Å². The fourth-order valence-corrected chi connectivity index (χ4v) is 2.85. The van der Waals surface area contributed by atoms with Gasteiger partial charge in [-0.05, 0) is 50.5 Å². The van der Waals surface area contributed by atoms with Crippen molar-refractivity contribution in [1.82, 2.24) is 10.6 Å².